The molecule has 0 aliphatic rings. The van der Waals surface area contributed by atoms with Crippen molar-refractivity contribution in [3.05, 3.63) is 18.2 Å². The van der Waals surface area contributed by atoms with E-state index in [0.717, 1.165) is 30.2 Å². The predicted molar refractivity (Wildman–Crippen MR) is 71.8 cm³/mol. The average Bonchev–Trinajstić information content (AvgIpc) is 2.30. The van der Waals surface area contributed by atoms with Crippen LogP contribution >= 0.6 is 0 Å². The number of methoxy groups -OCH3 is 1. The Labute approximate surface area is 103 Å². The van der Waals surface area contributed by atoms with Crippen LogP contribution in [-0.4, -0.2) is 33.4 Å². The summed E-state index contributed by atoms with van der Waals surface area (Å²) in [6.45, 7) is 7.19. The van der Waals surface area contributed by atoms with Gasteiger partial charge in [-0.2, -0.15) is 0 Å². The van der Waals surface area contributed by atoms with Gasteiger partial charge in [-0.1, -0.05) is 0 Å². The predicted octanol–water partition coefficient (Wildman–Crippen LogP) is 2.14. The van der Waals surface area contributed by atoms with Gasteiger partial charge >= 0.3 is 0 Å². The molecule has 0 atom stereocenters. The van der Waals surface area contributed by atoms with Crippen LogP contribution in [0.15, 0.2) is 18.2 Å². The summed E-state index contributed by atoms with van der Waals surface area (Å²) in [5, 5.41) is 0. The molecule has 96 valence electrons. The fourth-order valence-corrected chi connectivity index (χ4v) is 1.71. The molecule has 0 aliphatic carbocycles. The first-order valence-corrected chi connectivity index (χ1v) is 5.98. The highest BCUT2D eigenvalue weighted by Gasteiger charge is 2.07. The first-order valence-electron chi connectivity index (χ1n) is 5.98. The molecule has 1 aromatic rings. The second kappa shape index (κ2) is 7.01. The molecule has 1 rings (SSSR count). The Morgan fingerprint density at radius 2 is 2.00 bits per heavy atom. The van der Waals surface area contributed by atoms with Crippen molar-refractivity contribution >= 4 is 11.4 Å². The van der Waals surface area contributed by atoms with Crippen LogP contribution in [0.4, 0.5) is 11.4 Å². The maximum absolute atomic E-state index is 5.87. The first-order chi connectivity index (χ1) is 8.21. The van der Waals surface area contributed by atoms with Gasteiger partial charge in [-0.15, -0.1) is 0 Å². The van der Waals surface area contributed by atoms with Crippen LogP contribution < -0.4 is 15.4 Å². The quantitative estimate of drug-likeness (QED) is 0.739. The topological polar surface area (TPSA) is 47.7 Å². The van der Waals surface area contributed by atoms with Crippen molar-refractivity contribution in [1.29, 1.82) is 0 Å². The minimum absolute atomic E-state index is 0.646. The number of nitrogens with two attached hydrogens (primary N) is 1. The number of anilines is 2. The number of hydrogen-bond acceptors (Lipinski definition) is 4. The van der Waals surface area contributed by atoms with Gasteiger partial charge < -0.3 is 20.1 Å². The van der Waals surface area contributed by atoms with Crippen molar-refractivity contribution in [3.63, 3.8) is 0 Å². The Balaban J connectivity index is 2.85. The lowest BCUT2D eigenvalue weighted by Gasteiger charge is -2.23. The van der Waals surface area contributed by atoms with Crippen LogP contribution in [0.5, 0.6) is 5.75 Å². The molecular formula is C13H22N2O2. The minimum Gasteiger partial charge on any atom is -0.494 e. The van der Waals surface area contributed by atoms with E-state index in [1.165, 1.54) is 0 Å². The Kier molecular flexibility index (Phi) is 5.63. The van der Waals surface area contributed by atoms with E-state index in [9.17, 15) is 0 Å². The number of likely N-dealkylation sites (N-methyl/N-ethyl adjacent to an activating group) is 1. The lowest BCUT2D eigenvalue weighted by Crippen LogP contribution is -2.26. The summed E-state index contributed by atoms with van der Waals surface area (Å²) < 4.78 is 10.6. The molecule has 0 aromatic heterocycles. The molecule has 0 fully saturated rings. The summed E-state index contributed by atoms with van der Waals surface area (Å²) >= 11 is 0. The van der Waals surface area contributed by atoms with Crippen LogP contribution in [0, 0.1) is 0 Å². The van der Waals surface area contributed by atoms with E-state index in [2.05, 4.69) is 11.8 Å². The maximum Gasteiger partial charge on any atom is 0.123 e. The lowest BCUT2D eigenvalue weighted by molar-refractivity contribution is 0.205. The molecule has 0 amide bonds. The van der Waals surface area contributed by atoms with E-state index in [1.807, 2.05) is 25.1 Å². The third-order valence-corrected chi connectivity index (χ3v) is 2.54. The molecule has 0 bridgehead atoms. The van der Waals surface area contributed by atoms with Gasteiger partial charge in [-0.25, -0.2) is 0 Å². The van der Waals surface area contributed by atoms with Crippen molar-refractivity contribution in [2.45, 2.75) is 13.8 Å². The van der Waals surface area contributed by atoms with Crippen LogP contribution in [0.25, 0.3) is 0 Å². The SMILES string of the molecule is CCOc1cc(N)cc(N(CC)CCOC)c1. The number of rotatable bonds is 7. The fraction of sp³-hybridized carbons (Fsp3) is 0.538. The van der Waals surface area contributed by atoms with Crippen LogP contribution in [0.3, 0.4) is 0 Å². The molecule has 1 aromatic carbocycles. The third-order valence-electron chi connectivity index (χ3n) is 2.54. The Bertz CT molecular complexity index is 342. The molecule has 0 radical (unpaired) electrons. The van der Waals surface area contributed by atoms with Gasteiger partial charge in [0.1, 0.15) is 5.75 Å². The number of benzene rings is 1. The highest BCUT2D eigenvalue weighted by Crippen LogP contribution is 2.25. The molecule has 0 heterocycles. The van der Waals surface area contributed by atoms with Crippen LogP contribution in [0.2, 0.25) is 0 Å². The van der Waals surface area contributed by atoms with Gasteiger partial charge in [0.2, 0.25) is 0 Å². The van der Waals surface area contributed by atoms with E-state index in [-0.39, 0.29) is 0 Å². The largest absolute Gasteiger partial charge is 0.494 e. The van der Waals surface area contributed by atoms with E-state index in [1.54, 1.807) is 7.11 Å². The molecule has 0 saturated heterocycles. The van der Waals surface area contributed by atoms with Gasteiger partial charge in [0.25, 0.3) is 0 Å². The number of hydrogen-bond donors (Lipinski definition) is 1. The van der Waals surface area contributed by atoms with Crippen molar-refractivity contribution in [2.75, 3.05) is 44.0 Å². The van der Waals surface area contributed by atoms with Crippen molar-refractivity contribution in [3.8, 4) is 5.75 Å². The minimum atomic E-state index is 0.646. The summed E-state index contributed by atoms with van der Waals surface area (Å²) in [7, 11) is 1.71. The van der Waals surface area contributed by atoms with Crippen molar-refractivity contribution in [2.24, 2.45) is 0 Å². The van der Waals surface area contributed by atoms with Gasteiger partial charge in [-0.3, -0.25) is 0 Å². The monoisotopic (exact) mass is 238 g/mol. The van der Waals surface area contributed by atoms with E-state index in [4.69, 9.17) is 15.2 Å². The molecule has 17 heavy (non-hydrogen) atoms. The highest BCUT2D eigenvalue weighted by molar-refractivity contribution is 5.60. The third kappa shape index (κ3) is 4.15. The molecule has 2 N–H and O–H groups in total. The molecule has 4 heteroatoms. The molecular weight excluding hydrogens is 216 g/mol. The Hall–Kier alpha value is -1.42. The van der Waals surface area contributed by atoms with Gasteiger partial charge in [-0.05, 0) is 19.9 Å². The first kappa shape index (κ1) is 13.6. The standard InChI is InChI=1S/C13H22N2O2/c1-4-15(6-7-16-3)12-8-11(14)9-13(10-12)17-5-2/h8-10H,4-7,14H2,1-3H3. The van der Waals surface area contributed by atoms with Gasteiger partial charge in [0.05, 0.1) is 13.2 Å². The van der Waals surface area contributed by atoms with Crippen LogP contribution in [-0.2, 0) is 4.74 Å². The Morgan fingerprint density at radius 3 is 2.59 bits per heavy atom. The van der Waals surface area contributed by atoms with Crippen molar-refractivity contribution in [1.82, 2.24) is 0 Å². The van der Waals surface area contributed by atoms with E-state index >= 15 is 0 Å². The second-order valence-corrected chi connectivity index (χ2v) is 3.77. The fourth-order valence-electron chi connectivity index (χ4n) is 1.71. The summed E-state index contributed by atoms with van der Waals surface area (Å²) in [4.78, 5) is 2.21. The molecule has 0 aliphatic heterocycles. The smallest absolute Gasteiger partial charge is 0.123 e. The zero-order chi connectivity index (χ0) is 12.7. The average molecular weight is 238 g/mol. The molecule has 0 unspecified atom stereocenters. The van der Waals surface area contributed by atoms with Gasteiger partial charge in [0, 0.05) is 43.7 Å². The highest BCUT2D eigenvalue weighted by atomic mass is 16.5. The van der Waals surface area contributed by atoms with E-state index in [0.29, 0.717) is 13.2 Å². The zero-order valence-corrected chi connectivity index (χ0v) is 10.9. The maximum atomic E-state index is 5.87. The molecule has 0 spiro atoms. The van der Waals surface area contributed by atoms with Gasteiger partial charge in [0.15, 0.2) is 0 Å². The lowest BCUT2D eigenvalue weighted by atomic mass is 10.2. The normalized spacial score (nSPS) is 10.3. The zero-order valence-electron chi connectivity index (χ0n) is 10.9. The number of nitrogen functional groups attached to an aromatic ring is 1. The van der Waals surface area contributed by atoms with E-state index < -0.39 is 0 Å². The molecule has 4 nitrogen and oxygen atoms in total. The summed E-state index contributed by atoms with van der Waals surface area (Å²) in [6, 6.07) is 5.82. The summed E-state index contributed by atoms with van der Waals surface area (Å²) in [5.41, 5.74) is 7.67. The van der Waals surface area contributed by atoms with Crippen LogP contribution in [0.1, 0.15) is 13.8 Å². The molecule has 0 saturated carbocycles. The second-order valence-electron chi connectivity index (χ2n) is 3.77. The number of ether oxygens (including phenoxy) is 2. The summed E-state index contributed by atoms with van der Waals surface area (Å²) in [5.74, 6) is 0.818. The Morgan fingerprint density at radius 1 is 1.24 bits per heavy atom. The number of nitrogens with zero attached hydrogens (tertiary/aromatic N) is 1. The summed E-state index contributed by atoms with van der Waals surface area (Å²) in [6.07, 6.45) is 0. The van der Waals surface area contributed by atoms with Crippen molar-refractivity contribution < 1.29 is 9.47 Å².